The second-order valence-corrected chi connectivity index (χ2v) is 5.48. The molecule has 0 aromatic heterocycles. The van der Waals surface area contributed by atoms with Gasteiger partial charge < -0.3 is 5.32 Å². The molecule has 0 aliphatic carbocycles. The van der Waals surface area contributed by atoms with E-state index in [9.17, 15) is 4.79 Å². The zero-order valence-electron chi connectivity index (χ0n) is 12.5. The van der Waals surface area contributed by atoms with Gasteiger partial charge in [0.15, 0.2) is 0 Å². The van der Waals surface area contributed by atoms with Crippen molar-refractivity contribution in [2.75, 3.05) is 5.32 Å². The van der Waals surface area contributed by atoms with Crippen LogP contribution in [0.4, 0.5) is 5.69 Å². The molecule has 2 nitrogen and oxygen atoms in total. The van der Waals surface area contributed by atoms with Crippen molar-refractivity contribution in [3.05, 3.63) is 64.7 Å². The quantitative estimate of drug-likeness (QED) is 0.859. The van der Waals surface area contributed by atoms with Crippen LogP contribution in [-0.2, 0) is 0 Å². The molecule has 20 heavy (non-hydrogen) atoms. The van der Waals surface area contributed by atoms with Gasteiger partial charge in [-0.05, 0) is 54.7 Å². The van der Waals surface area contributed by atoms with Crippen LogP contribution in [0, 0.1) is 13.8 Å². The number of carbonyl (C=O) groups excluding carboxylic acids is 1. The largest absolute Gasteiger partial charge is 0.322 e. The van der Waals surface area contributed by atoms with Crippen LogP contribution in [0.25, 0.3) is 0 Å². The zero-order chi connectivity index (χ0) is 14.7. The summed E-state index contributed by atoms with van der Waals surface area (Å²) in [5.74, 6) is 0.447. The minimum Gasteiger partial charge on any atom is -0.322 e. The second kappa shape index (κ2) is 5.91. The minimum absolute atomic E-state index is 0.0523. The van der Waals surface area contributed by atoms with Gasteiger partial charge in [0.2, 0.25) is 0 Å². The van der Waals surface area contributed by atoms with E-state index in [0.29, 0.717) is 5.92 Å². The van der Waals surface area contributed by atoms with Crippen LogP contribution in [0.5, 0.6) is 0 Å². The number of rotatable bonds is 3. The van der Waals surface area contributed by atoms with E-state index in [-0.39, 0.29) is 5.91 Å². The van der Waals surface area contributed by atoms with Crippen molar-refractivity contribution in [2.24, 2.45) is 0 Å². The third kappa shape index (κ3) is 3.08. The molecule has 0 atom stereocenters. The molecule has 104 valence electrons. The molecule has 2 aromatic rings. The fraction of sp³-hybridized carbons (Fsp3) is 0.278. The molecule has 0 fully saturated rings. The van der Waals surface area contributed by atoms with E-state index in [1.807, 2.05) is 44.2 Å². The molecule has 0 heterocycles. The van der Waals surface area contributed by atoms with E-state index in [4.69, 9.17) is 0 Å². The molecule has 0 spiro atoms. The smallest absolute Gasteiger partial charge is 0.255 e. The Balaban J connectivity index is 2.17. The predicted octanol–water partition coefficient (Wildman–Crippen LogP) is 4.68. The highest BCUT2D eigenvalue weighted by Gasteiger charge is 2.10. The standard InChI is InChI=1S/C18H21NO/c1-12(2)15-8-10-16(11-9-15)19-18(20)17-7-5-6-13(3)14(17)4/h5-12H,1-4H3,(H,19,20). The Labute approximate surface area is 120 Å². The van der Waals surface area contributed by atoms with Gasteiger partial charge in [0, 0.05) is 11.3 Å². The number of benzene rings is 2. The van der Waals surface area contributed by atoms with Crippen molar-refractivity contribution in [3.63, 3.8) is 0 Å². The van der Waals surface area contributed by atoms with Crippen molar-refractivity contribution < 1.29 is 4.79 Å². The van der Waals surface area contributed by atoms with Crippen LogP contribution in [0.3, 0.4) is 0 Å². The summed E-state index contributed by atoms with van der Waals surface area (Å²) in [4.78, 5) is 12.3. The Hall–Kier alpha value is -2.09. The predicted molar refractivity (Wildman–Crippen MR) is 84.4 cm³/mol. The third-order valence-electron chi connectivity index (χ3n) is 3.68. The van der Waals surface area contributed by atoms with Crippen molar-refractivity contribution >= 4 is 11.6 Å². The van der Waals surface area contributed by atoms with Crippen molar-refractivity contribution in [3.8, 4) is 0 Å². The average Bonchev–Trinajstić information content (AvgIpc) is 2.42. The number of amides is 1. The summed E-state index contributed by atoms with van der Waals surface area (Å²) >= 11 is 0. The van der Waals surface area contributed by atoms with E-state index < -0.39 is 0 Å². The van der Waals surface area contributed by atoms with E-state index in [2.05, 4.69) is 31.3 Å². The van der Waals surface area contributed by atoms with E-state index in [1.54, 1.807) is 0 Å². The normalized spacial score (nSPS) is 10.7. The average molecular weight is 267 g/mol. The van der Waals surface area contributed by atoms with Gasteiger partial charge in [-0.2, -0.15) is 0 Å². The Bertz CT molecular complexity index is 612. The lowest BCUT2D eigenvalue weighted by Gasteiger charge is -2.11. The summed E-state index contributed by atoms with van der Waals surface area (Å²) in [6.07, 6.45) is 0. The molecular formula is C18H21NO. The van der Waals surface area contributed by atoms with Crippen LogP contribution in [0.15, 0.2) is 42.5 Å². The van der Waals surface area contributed by atoms with Crippen molar-refractivity contribution in [1.82, 2.24) is 0 Å². The highest BCUT2D eigenvalue weighted by Crippen LogP contribution is 2.19. The number of aryl methyl sites for hydroxylation is 1. The Morgan fingerprint density at radius 1 is 1.00 bits per heavy atom. The molecule has 0 bridgehead atoms. The van der Waals surface area contributed by atoms with Crippen LogP contribution >= 0.6 is 0 Å². The van der Waals surface area contributed by atoms with Crippen LogP contribution < -0.4 is 5.32 Å². The number of nitrogens with one attached hydrogen (secondary N) is 1. The molecule has 0 radical (unpaired) electrons. The number of hydrogen-bond donors (Lipinski definition) is 1. The lowest BCUT2D eigenvalue weighted by atomic mass is 10.0. The van der Waals surface area contributed by atoms with Gasteiger partial charge in [0.1, 0.15) is 0 Å². The molecule has 2 aromatic carbocycles. The SMILES string of the molecule is Cc1cccc(C(=O)Nc2ccc(C(C)C)cc2)c1C. The van der Waals surface area contributed by atoms with E-state index in [1.165, 1.54) is 5.56 Å². The van der Waals surface area contributed by atoms with Crippen LogP contribution in [0.2, 0.25) is 0 Å². The summed E-state index contributed by atoms with van der Waals surface area (Å²) in [7, 11) is 0. The summed E-state index contributed by atoms with van der Waals surface area (Å²) in [6, 6.07) is 13.8. The maximum atomic E-state index is 12.3. The maximum absolute atomic E-state index is 12.3. The van der Waals surface area contributed by atoms with Crippen LogP contribution in [0.1, 0.15) is 46.8 Å². The topological polar surface area (TPSA) is 29.1 Å². The first kappa shape index (κ1) is 14.3. The Kier molecular flexibility index (Phi) is 4.23. The first-order chi connectivity index (χ1) is 9.49. The van der Waals surface area contributed by atoms with Gasteiger partial charge in [0.05, 0.1) is 0 Å². The molecule has 1 amide bonds. The molecular weight excluding hydrogens is 246 g/mol. The Morgan fingerprint density at radius 2 is 1.65 bits per heavy atom. The molecule has 2 heteroatoms. The summed E-state index contributed by atoms with van der Waals surface area (Å²) in [5.41, 5.74) is 5.00. The van der Waals surface area contributed by atoms with Gasteiger partial charge in [-0.1, -0.05) is 38.1 Å². The lowest BCUT2D eigenvalue weighted by Crippen LogP contribution is -2.13. The fourth-order valence-electron chi connectivity index (χ4n) is 2.15. The fourth-order valence-corrected chi connectivity index (χ4v) is 2.15. The molecule has 0 aliphatic heterocycles. The van der Waals surface area contributed by atoms with Gasteiger partial charge in [-0.15, -0.1) is 0 Å². The van der Waals surface area contributed by atoms with Crippen molar-refractivity contribution in [2.45, 2.75) is 33.6 Å². The Morgan fingerprint density at radius 3 is 2.25 bits per heavy atom. The first-order valence-electron chi connectivity index (χ1n) is 6.96. The van der Waals surface area contributed by atoms with Gasteiger partial charge in [-0.3, -0.25) is 4.79 Å². The molecule has 1 N–H and O–H groups in total. The lowest BCUT2D eigenvalue weighted by molar-refractivity contribution is 0.102. The highest BCUT2D eigenvalue weighted by atomic mass is 16.1. The minimum atomic E-state index is -0.0523. The van der Waals surface area contributed by atoms with E-state index >= 15 is 0 Å². The number of anilines is 1. The molecule has 2 rings (SSSR count). The monoisotopic (exact) mass is 267 g/mol. The van der Waals surface area contributed by atoms with Gasteiger partial charge in [0.25, 0.3) is 5.91 Å². The third-order valence-corrected chi connectivity index (χ3v) is 3.68. The highest BCUT2D eigenvalue weighted by molar-refractivity contribution is 6.05. The molecule has 0 saturated carbocycles. The first-order valence-corrected chi connectivity index (χ1v) is 6.96. The summed E-state index contributed by atoms with van der Waals surface area (Å²) in [6.45, 7) is 8.31. The van der Waals surface area contributed by atoms with Gasteiger partial charge in [-0.25, -0.2) is 0 Å². The molecule has 0 aliphatic rings. The number of carbonyl (C=O) groups is 1. The second-order valence-electron chi connectivity index (χ2n) is 5.48. The zero-order valence-corrected chi connectivity index (χ0v) is 12.5. The number of hydrogen-bond acceptors (Lipinski definition) is 1. The van der Waals surface area contributed by atoms with E-state index in [0.717, 1.165) is 22.4 Å². The molecule has 0 saturated heterocycles. The van der Waals surface area contributed by atoms with Crippen LogP contribution in [-0.4, -0.2) is 5.91 Å². The van der Waals surface area contributed by atoms with Crippen molar-refractivity contribution in [1.29, 1.82) is 0 Å². The maximum Gasteiger partial charge on any atom is 0.255 e. The summed E-state index contributed by atoms with van der Waals surface area (Å²) in [5, 5.41) is 2.95. The molecule has 0 unspecified atom stereocenters. The van der Waals surface area contributed by atoms with Gasteiger partial charge >= 0.3 is 0 Å². The summed E-state index contributed by atoms with van der Waals surface area (Å²) < 4.78 is 0.